The molecule has 0 aliphatic heterocycles. The van der Waals surface area contributed by atoms with Crippen LogP contribution >= 0.6 is 11.3 Å². The highest BCUT2D eigenvalue weighted by Gasteiger charge is 2.07. The van der Waals surface area contributed by atoms with Gasteiger partial charge in [0, 0.05) is 0 Å². The van der Waals surface area contributed by atoms with E-state index in [4.69, 9.17) is 4.74 Å². The van der Waals surface area contributed by atoms with Gasteiger partial charge in [-0.25, -0.2) is 4.98 Å². The summed E-state index contributed by atoms with van der Waals surface area (Å²) in [4.78, 5) is 4.60. The second-order valence-corrected chi connectivity index (χ2v) is 5.35. The number of aryl methyl sites for hydroxylation is 1. The molecule has 96 valence electrons. The molecule has 0 aliphatic carbocycles. The number of hydrogen-bond donors (Lipinski definition) is 1. The standard InChI is InChI=1S/C15H14N2OS/c1-10-7-8-14-12(9-10)17-15(19-14)16-11-5-3-4-6-13(11)18-2/h3-9H,1-2H3,(H,16,17). The smallest absolute Gasteiger partial charge is 0.188 e. The summed E-state index contributed by atoms with van der Waals surface area (Å²) in [6.45, 7) is 2.08. The molecular formula is C15H14N2OS. The van der Waals surface area contributed by atoms with Crippen molar-refractivity contribution in [1.29, 1.82) is 0 Å². The summed E-state index contributed by atoms with van der Waals surface area (Å²) < 4.78 is 6.51. The van der Waals surface area contributed by atoms with Crippen LogP contribution in [0.15, 0.2) is 42.5 Å². The third-order valence-corrected chi connectivity index (χ3v) is 3.84. The Balaban J connectivity index is 1.96. The zero-order valence-electron chi connectivity index (χ0n) is 10.8. The van der Waals surface area contributed by atoms with Gasteiger partial charge in [0.15, 0.2) is 5.13 Å². The Labute approximate surface area is 115 Å². The fraction of sp³-hybridized carbons (Fsp3) is 0.133. The SMILES string of the molecule is COc1ccccc1Nc1nc2cc(C)ccc2s1. The van der Waals surface area contributed by atoms with Gasteiger partial charge in [-0.05, 0) is 36.8 Å². The zero-order valence-corrected chi connectivity index (χ0v) is 11.6. The molecule has 0 aliphatic rings. The van der Waals surface area contributed by atoms with Crippen LogP contribution in [0.25, 0.3) is 10.2 Å². The second kappa shape index (κ2) is 4.90. The van der Waals surface area contributed by atoms with Crippen LogP contribution in [-0.4, -0.2) is 12.1 Å². The molecule has 0 saturated carbocycles. The van der Waals surface area contributed by atoms with Crippen molar-refractivity contribution in [1.82, 2.24) is 4.98 Å². The fourth-order valence-electron chi connectivity index (χ4n) is 1.95. The first-order valence-corrected chi connectivity index (χ1v) is 6.85. The number of para-hydroxylation sites is 2. The number of ether oxygens (including phenoxy) is 1. The van der Waals surface area contributed by atoms with E-state index in [1.807, 2.05) is 24.3 Å². The van der Waals surface area contributed by atoms with Gasteiger partial charge in [-0.3, -0.25) is 0 Å². The molecule has 0 atom stereocenters. The van der Waals surface area contributed by atoms with Crippen LogP contribution in [0.4, 0.5) is 10.8 Å². The first-order valence-electron chi connectivity index (χ1n) is 6.03. The number of methoxy groups -OCH3 is 1. The topological polar surface area (TPSA) is 34.1 Å². The highest BCUT2D eigenvalue weighted by Crippen LogP contribution is 2.32. The van der Waals surface area contributed by atoms with E-state index in [1.54, 1.807) is 18.4 Å². The van der Waals surface area contributed by atoms with E-state index in [0.717, 1.165) is 22.1 Å². The highest BCUT2D eigenvalue weighted by molar-refractivity contribution is 7.22. The van der Waals surface area contributed by atoms with E-state index in [1.165, 1.54) is 10.3 Å². The van der Waals surface area contributed by atoms with Gasteiger partial charge >= 0.3 is 0 Å². The largest absolute Gasteiger partial charge is 0.495 e. The van der Waals surface area contributed by atoms with Crippen molar-refractivity contribution >= 4 is 32.4 Å². The number of nitrogens with zero attached hydrogens (tertiary/aromatic N) is 1. The molecule has 1 aromatic heterocycles. The highest BCUT2D eigenvalue weighted by atomic mass is 32.1. The Morgan fingerprint density at radius 1 is 1.16 bits per heavy atom. The maximum absolute atomic E-state index is 5.33. The van der Waals surface area contributed by atoms with Crippen LogP contribution in [-0.2, 0) is 0 Å². The number of aromatic nitrogens is 1. The molecule has 0 fully saturated rings. The maximum Gasteiger partial charge on any atom is 0.188 e. The second-order valence-electron chi connectivity index (χ2n) is 4.32. The van der Waals surface area contributed by atoms with Crippen molar-refractivity contribution in [3.05, 3.63) is 48.0 Å². The van der Waals surface area contributed by atoms with E-state index in [0.29, 0.717) is 0 Å². The average molecular weight is 270 g/mol. The quantitative estimate of drug-likeness (QED) is 0.768. The minimum atomic E-state index is 0.818. The van der Waals surface area contributed by atoms with Crippen molar-refractivity contribution in [3.8, 4) is 5.75 Å². The molecule has 3 nitrogen and oxygen atoms in total. The summed E-state index contributed by atoms with van der Waals surface area (Å²) in [6, 6.07) is 14.1. The average Bonchev–Trinajstić information content (AvgIpc) is 2.80. The molecular weight excluding hydrogens is 256 g/mol. The minimum absolute atomic E-state index is 0.818. The summed E-state index contributed by atoms with van der Waals surface area (Å²) in [5.74, 6) is 0.818. The lowest BCUT2D eigenvalue weighted by Gasteiger charge is -2.07. The molecule has 1 heterocycles. The molecule has 0 amide bonds. The molecule has 19 heavy (non-hydrogen) atoms. The van der Waals surface area contributed by atoms with Gasteiger partial charge in [0.05, 0.1) is 23.0 Å². The van der Waals surface area contributed by atoms with Gasteiger partial charge in [-0.2, -0.15) is 0 Å². The Morgan fingerprint density at radius 3 is 2.84 bits per heavy atom. The lowest BCUT2D eigenvalue weighted by molar-refractivity contribution is 0.417. The molecule has 0 unspecified atom stereocenters. The first kappa shape index (κ1) is 12.0. The van der Waals surface area contributed by atoms with Gasteiger partial charge in [0.1, 0.15) is 5.75 Å². The van der Waals surface area contributed by atoms with E-state index < -0.39 is 0 Å². The Hall–Kier alpha value is -2.07. The number of thiazole rings is 1. The Kier molecular flexibility index (Phi) is 3.09. The predicted octanol–water partition coefficient (Wildman–Crippen LogP) is 4.36. The van der Waals surface area contributed by atoms with Gasteiger partial charge in [-0.1, -0.05) is 29.5 Å². The summed E-state index contributed by atoms with van der Waals surface area (Å²) in [5.41, 5.74) is 3.19. The van der Waals surface area contributed by atoms with E-state index in [9.17, 15) is 0 Å². The molecule has 0 bridgehead atoms. The van der Waals surface area contributed by atoms with Crippen LogP contribution in [0.5, 0.6) is 5.75 Å². The maximum atomic E-state index is 5.33. The van der Waals surface area contributed by atoms with Crippen LogP contribution in [0.1, 0.15) is 5.56 Å². The molecule has 3 rings (SSSR count). The molecule has 4 heteroatoms. The Morgan fingerprint density at radius 2 is 2.00 bits per heavy atom. The third kappa shape index (κ3) is 2.39. The van der Waals surface area contributed by atoms with Crippen LogP contribution in [0.3, 0.4) is 0 Å². The minimum Gasteiger partial charge on any atom is -0.495 e. The van der Waals surface area contributed by atoms with Gasteiger partial charge < -0.3 is 10.1 Å². The fourth-order valence-corrected chi connectivity index (χ4v) is 2.81. The van der Waals surface area contributed by atoms with Crippen molar-refractivity contribution in [2.45, 2.75) is 6.92 Å². The number of fused-ring (bicyclic) bond motifs is 1. The van der Waals surface area contributed by atoms with Crippen molar-refractivity contribution in [2.75, 3.05) is 12.4 Å². The van der Waals surface area contributed by atoms with E-state index >= 15 is 0 Å². The summed E-state index contributed by atoms with van der Waals surface area (Å²) in [5, 5.41) is 4.19. The summed E-state index contributed by atoms with van der Waals surface area (Å²) in [7, 11) is 1.67. The van der Waals surface area contributed by atoms with E-state index in [2.05, 4.69) is 35.4 Å². The summed E-state index contributed by atoms with van der Waals surface area (Å²) >= 11 is 1.64. The van der Waals surface area contributed by atoms with Crippen LogP contribution in [0.2, 0.25) is 0 Å². The molecule has 1 N–H and O–H groups in total. The zero-order chi connectivity index (χ0) is 13.2. The number of rotatable bonds is 3. The van der Waals surface area contributed by atoms with Gasteiger partial charge in [-0.15, -0.1) is 0 Å². The molecule has 0 saturated heterocycles. The third-order valence-electron chi connectivity index (χ3n) is 2.89. The van der Waals surface area contributed by atoms with Crippen molar-refractivity contribution in [2.24, 2.45) is 0 Å². The lowest BCUT2D eigenvalue weighted by atomic mass is 10.2. The summed E-state index contributed by atoms with van der Waals surface area (Å²) in [6.07, 6.45) is 0. The van der Waals surface area contributed by atoms with Gasteiger partial charge in [0.25, 0.3) is 0 Å². The van der Waals surface area contributed by atoms with Crippen LogP contribution in [0, 0.1) is 6.92 Å². The van der Waals surface area contributed by atoms with Gasteiger partial charge in [0.2, 0.25) is 0 Å². The van der Waals surface area contributed by atoms with Crippen molar-refractivity contribution in [3.63, 3.8) is 0 Å². The predicted molar refractivity (Wildman–Crippen MR) is 80.6 cm³/mol. The number of anilines is 2. The van der Waals surface area contributed by atoms with E-state index in [-0.39, 0.29) is 0 Å². The van der Waals surface area contributed by atoms with Crippen molar-refractivity contribution < 1.29 is 4.74 Å². The monoisotopic (exact) mass is 270 g/mol. The molecule has 0 spiro atoms. The number of hydrogen-bond acceptors (Lipinski definition) is 4. The normalized spacial score (nSPS) is 10.6. The first-order chi connectivity index (χ1) is 9.26. The van der Waals surface area contributed by atoms with Crippen LogP contribution < -0.4 is 10.1 Å². The molecule has 2 aromatic carbocycles. The lowest BCUT2D eigenvalue weighted by Crippen LogP contribution is -1.93. The Bertz CT molecular complexity index is 721. The molecule has 0 radical (unpaired) electrons. The number of nitrogens with one attached hydrogen (secondary N) is 1. The number of benzene rings is 2. The molecule has 3 aromatic rings.